The van der Waals surface area contributed by atoms with Crippen LogP contribution >= 0.6 is 11.3 Å². The SMILES string of the molecule is CC(=O)NCCCNC(=O)CCN(C)c1ncnc2sc(-c3ccccc3)cc12. The Morgan fingerprint density at radius 1 is 1.10 bits per heavy atom. The van der Waals surface area contributed by atoms with Gasteiger partial charge >= 0.3 is 0 Å². The molecule has 0 bridgehead atoms. The second kappa shape index (κ2) is 9.97. The van der Waals surface area contributed by atoms with Crippen molar-refractivity contribution in [2.75, 3.05) is 31.6 Å². The summed E-state index contributed by atoms with van der Waals surface area (Å²) in [6.45, 7) is 3.15. The summed E-state index contributed by atoms with van der Waals surface area (Å²) in [6.07, 6.45) is 2.66. The zero-order chi connectivity index (χ0) is 20.6. The minimum atomic E-state index is -0.0574. The Balaban J connectivity index is 1.58. The molecule has 1 aromatic carbocycles. The van der Waals surface area contributed by atoms with Crippen LogP contribution in [0.1, 0.15) is 19.8 Å². The topological polar surface area (TPSA) is 87.2 Å². The van der Waals surface area contributed by atoms with Gasteiger partial charge in [0.05, 0.1) is 5.39 Å². The van der Waals surface area contributed by atoms with Gasteiger partial charge in [-0.1, -0.05) is 30.3 Å². The van der Waals surface area contributed by atoms with Crippen molar-refractivity contribution in [2.24, 2.45) is 0 Å². The number of nitrogens with one attached hydrogen (secondary N) is 2. The van der Waals surface area contributed by atoms with Crippen molar-refractivity contribution in [2.45, 2.75) is 19.8 Å². The normalized spacial score (nSPS) is 10.7. The number of nitrogens with zero attached hydrogens (tertiary/aromatic N) is 3. The molecule has 3 rings (SSSR count). The van der Waals surface area contributed by atoms with E-state index in [2.05, 4.69) is 38.8 Å². The lowest BCUT2D eigenvalue weighted by atomic mass is 10.2. The predicted molar refractivity (Wildman–Crippen MR) is 117 cm³/mol. The van der Waals surface area contributed by atoms with Gasteiger partial charge in [0, 0.05) is 44.9 Å². The molecule has 0 saturated carbocycles. The van der Waals surface area contributed by atoms with Gasteiger partial charge < -0.3 is 15.5 Å². The number of amides is 2. The summed E-state index contributed by atoms with van der Waals surface area (Å²) < 4.78 is 0. The smallest absolute Gasteiger partial charge is 0.221 e. The van der Waals surface area contributed by atoms with E-state index in [9.17, 15) is 9.59 Å². The van der Waals surface area contributed by atoms with Crippen LogP contribution in [0.25, 0.3) is 20.7 Å². The molecule has 0 saturated heterocycles. The summed E-state index contributed by atoms with van der Waals surface area (Å²) in [4.78, 5) is 35.8. The van der Waals surface area contributed by atoms with Crippen molar-refractivity contribution < 1.29 is 9.59 Å². The maximum Gasteiger partial charge on any atom is 0.221 e. The first-order chi connectivity index (χ1) is 14.0. The average molecular weight is 412 g/mol. The monoisotopic (exact) mass is 411 g/mol. The molecular weight excluding hydrogens is 386 g/mol. The fourth-order valence-corrected chi connectivity index (χ4v) is 3.94. The fraction of sp³-hybridized carbons (Fsp3) is 0.333. The molecule has 0 aliphatic carbocycles. The third kappa shape index (κ3) is 5.74. The van der Waals surface area contributed by atoms with Gasteiger partial charge in [0.1, 0.15) is 17.0 Å². The number of fused-ring (bicyclic) bond motifs is 1. The molecule has 3 aromatic rings. The highest BCUT2D eigenvalue weighted by Crippen LogP contribution is 2.35. The molecule has 0 radical (unpaired) electrons. The molecule has 0 unspecified atom stereocenters. The minimum Gasteiger partial charge on any atom is -0.359 e. The number of carbonyl (C=O) groups is 2. The first-order valence-corrected chi connectivity index (χ1v) is 10.4. The number of thiophene rings is 1. The predicted octanol–water partition coefficient (Wildman–Crippen LogP) is 2.83. The number of anilines is 1. The van der Waals surface area contributed by atoms with Crippen LogP contribution in [-0.2, 0) is 9.59 Å². The Bertz CT molecular complexity index is 974. The van der Waals surface area contributed by atoms with Crippen molar-refractivity contribution in [1.82, 2.24) is 20.6 Å². The van der Waals surface area contributed by atoms with Gasteiger partial charge in [-0.15, -0.1) is 11.3 Å². The van der Waals surface area contributed by atoms with Gasteiger partial charge in [-0.3, -0.25) is 9.59 Å². The second-order valence-corrected chi connectivity index (χ2v) is 7.78. The van der Waals surface area contributed by atoms with Crippen LogP contribution in [0.2, 0.25) is 0 Å². The Morgan fingerprint density at radius 2 is 1.86 bits per heavy atom. The highest BCUT2D eigenvalue weighted by Gasteiger charge is 2.14. The lowest BCUT2D eigenvalue weighted by Crippen LogP contribution is -2.31. The summed E-state index contributed by atoms with van der Waals surface area (Å²) in [5.74, 6) is 0.755. The van der Waals surface area contributed by atoms with Crippen molar-refractivity contribution in [3.63, 3.8) is 0 Å². The van der Waals surface area contributed by atoms with Crippen molar-refractivity contribution >= 4 is 39.2 Å². The highest BCUT2D eigenvalue weighted by molar-refractivity contribution is 7.21. The van der Waals surface area contributed by atoms with Crippen molar-refractivity contribution in [1.29, 1.82) is 0 Å². The molecule has 2 N–H and O–H groups in total. The maximum atomic E-state index is 12.1. The number of hydrogen-bond acceptors (Lipinski definition) is 6. The Morgan fingerprint density at radius 3 is 2.62 bits per heavy atom. The molecule has 0 fully saturated rings. The number of rotatable bonds is 9. The second-order valence-electron chi connectivity index (χ2n) is 6.75. The van der Waals surface area contributed by atoms with Gasteiger partial charge in [-0.05, 0) is 18.1 Å². The largest absolute Gasteiger partial charge is 0.359 e. The molecular formula is C21H25N5O2S. The summed E-state index contributed by atoms with van der Waals surface area (Å²) in [7, 11) is 1.94. The van der Waals surface area contributed by atoms with E-state index >= 15 is 0 Å². The molecule has 29 heavy (non-hydrogen) atoms. The first kappa shape index (κ1) is 20.7. The zero-order valence-electron chi connectivity index (χ0n) is 16.6. The molecule has 152 valence electrons. The number of aromatic nitrogens is 2. The quantitative estimate of drug-likeness (QED) is 0.529. The van der Waals surface area contributed by atoms with Crippen LogP contribution in [0, 0.1) is 0 Å². The average Bonchev–Trinajstić information content (AvgIpc) is 3.16. The van der Waals surface area contributed by atoms with Gasteiger partial charge in [0.2, 0.25) is 11.8 Å². The van der Waals surface area contributed by atoms with E-state index in [0.717, 1.165) is 26.5 Å². The number of benzene rings is 1. The van der Waals surface area contributed by atoms with Crippen LogP contribution in [0.3, 0.4) is 0 Å². The van der Waals surface area contributed by atoms with E-state index in [1.54, 1.807) is 17.7 Å². The summed E-state index contributed by atoms with van der Waals surface area (Å²) >= 11 is 1.64. The lowest BCUT2D eigenvalue weighted by molar-refractivity contribution is -0.120. The molecule has 2 amide bonds. The van der Waals surface area contributed by atoms with E-state index in [-0.39, 0.29) is 11.8 Å². The van der Waals surface area contributed by atoms with E-state index in [1.165, 1.54) is 6.92 Å². The standard InChI is InChI=1S/C21H25N5O2S/c1-15(27)22-10-6-11-23-19(28)9-12-26(2)20-17-13-18(16-7-4-3-5-8-16)29-21(17)25-14-24-20/h3-5,7-8,13-14H,6,9-12H2,1-2H3,(H,22,27)(H,23,28). The number of carbonyl (C=O) groups excluding carboxylic acids is 2. The van der Waals surface area contributed by atoms with E-state index in [1.807, 2.05) is 30.1 Å². The molecule has 0 aliphatic rings. The first-order valence-electron chi connectivity index (χ1n) is 9.57. The van der Waals surface area contributed by atoms with Crippen LogP contribution in [0.5, 0.6) is 0 Å². The summed E-state index contributed by atoms with van der Waals surface area (Å²) in [5.41, 5.74) is 1.16. The fourth-order valence-electron chi connectivity index (χ4n) is 2.94. The van der Waals surface area contributed by atoms with Crippen molar-refractivity contribution in [3.8, 4) is 10.4 Å². The Kier molecular flexibility index (Phi) is 7.13. The molecule has 7 nitrogen and oxygen atoms in total. The number of hydrogen-bond donors (Lipinski definition) is 2. The van der Waals surface area contributed by atoms with Gasteiger partial charge in [0.15, 0.2) is 0 Å². The Hall–Kier alpha value is -3.00. The van der Waals surface area contributed by atoms with Gasteiger partial charge in [0.25, 0.3) is 0 Å². The van der Waals surface area contributed by atoms with Gasteiger partial charge in [-0.2, -0.15) is 0 Å². The molecule has 2 aromatic heterocycles. The summed E-state index contributed by atoms with van der Waals surface area (Å²) in [5, 5.41) is 6.58. The van der Waals surface area contributed by atoms with E-state index in [4.69, 9.17) is 0 Å². The van der Waals surface area contributed by atoms with E-state index < -0.39 is 0 Å². The van der Waals surface area contributed by atoms with Crippen LogP contribution in [-0.4, -0.2) is 48.5 Å². The molecule has 2 heterocycles. The maximum absolute atomic E-state index is 12.1. The van der Waals surface area contributed by atoms with Crippen LogP contribution in [0.4, 0.5) is 5.82 Å². The molecule has 0 aliphatic heterocycles. The lowest BCUT2D eigenvalue weighted by Gasteiger charge is -2.18. The van der Waals surface area contributed by atoms with Gasteiger partial charge in [-0.25, -0.2) is 9.97 Å². The third-order valence-electron chi connectivity index (χ3n) is 4.45. The molecule has 8 heteroatoms. The molecule has 0 atom stereocenters. The Labute approximate surface area is 174 Å². The minimum absolute atomic E-state index is 0.0136. The van der Waals surface area contributed by atoms with Crippen LogP contribution in [0.15, 0.2) is 42.7 Å². The zero-order valence-corrected chi connectivity index (χ0v) is 17.5. The third-order valence-corrected chi connectivity index (χ3v) is 5.54. The summed E-state index contributed by atoms with van der Waals surface area (Å²) in [6, 6.07) is 12.3. The highest BCUT2D eigenvalue weighted by atomic mass is 32.1. The molecule has 0 spiro atoms. The van der Waals surface area contributed by atoms with Crippen molar-refractivity contribution in [3.05, 3.63) is 42.7 Å². The van der Waals surface area contributed by atoms with Crippen LogP contribution < -0.4 is 15.5 Å². The van der Waals surface area contributed by atoms with E-state index in [0.29, 0.717) is 32.5 Å².